The fraction of sp³-hybridized carbons (Fsp3) is 0.500. The van der Waals surface area contributed by atoms with E-state index in [9.17, 15) is 4.79 Å². The molecule has 4 nitrogen and oxygen atoms in total. The largest absolute Gasteiger partial charge is 0.370 e. The summed E-state index contributed by atoms with van der Waals surface area (Å²) >= 11 is 0. The summed E-state index contributed by atoms with van der Waals surface area (Å²) in [7, 11) is 2.06. The van der Waals surface area contributed by atoms with Gasteiger partial charge in [0.15, 0.2) is 0 Å². The zero-order valence-corrected chi connectivity index (χ0v) is 11.0. The summed E-state index contributed by atoms with van der Waals surface area (Å²) in [6, 6.07) is 10.5. The molecule has 1 aliphatic rings. The Morgan fingerprint density at radius 1 is 1.44 bits per heavy atom. The van der Waals surface area contributed by atoms with E-state index in [1.165, 1.54) is 5.69 Å². The first-order chi connectivity index (χ1) is 8.58. The molecule has 2 rings (SSSR count). The SMILES string of the molecule is CC(CN1CC(N)CC1=O)N(C)c1ccccc1. The second-order valence-electron chi connectivity index (χ2n) is 5.06. The number of likely N-dealkylation sites (tertiary alicyclic amines) is 1. The van der Waals surface area contributed by atoms with E-state index in [0.29, 0.717) is 13.0 Å². The first-order valence-corrected chi connectivity index (χ1v) is 6.39. The van der Waals surface area contributed by atoms with E-state index in [0.717, 1.165) is 6.54 Å². The van der Waals surface area contributed by atoms with Gasteiger partial charge in [-0.3, -0.25) is 4.79 Å². The number of likely N-dealkylation sites (N-methyl/N-ethyl adjacent to an activating group) is 1. The highest BCUT2D eigenvalue weighted by atomic mass is 16.2. The molecule has 4 heteroatoms. The number of carbonyl (C=O) groups is 1. The van der Waals surface area contributed by atoms with Gasteiger partial charge in [0.1, 0.15) is 0 Å². The average molecular weight is 247 g/mol. The highest BCUT2D eigenvalue weighted by molar-refractivity contribution is 5.79. The highest BCUT2D eigenvalue weighted by Gasteiger charge is 2.28. The molecule has 1 aliphatic heterocycles. The molecular weight excluding hydrogens is 226 g/mol. The Kier molecular flexibility index (Phi) is 3.87. The van der Waals surface area contributed by atoms with Crippen LogP contribution in [-0.2, 0) is 4.79 Å². The van der Waals surface area contributed by atoms with Crippen molar-refractivity contribution >= 4 is 11.6 Å². The van der Waals surface area contributed by atoms with Crippen LogP contribution in [0.25, 0.3) is 0 Å². The third-order valence-corrected chi connectivity index (χ3v) is 3.55. The number of hydrogen-bond acceptors (Lipinski definition) is 3. The Balaban J connectivity index is 1.96. The first kappa shape index (κ1) is 12.9. The zero-order chi connectivity index (χ0) is 13.1. The van der Waals surface area contributed by atoms with Crippen LogP contribution in [0.4, 0.5) is 5.69 Å². The number of carbonyl (C=O) groups excluding carboxylic acids is 1. The minimum Gasteiger partial charge on any atom is -0.370 e. The molecule has 1 aromatic carbocycles. The summed E-state index contributed by atoms with van der Waals surface area (Å²) in [5, 5.41) is 0. The average Bonchev–Trinajstić information content (AvgIpc) is 2.68. The second kappa shape index (κ2) is 5.40. The van der Waals surface area contributed by atoms with Crippen LogP contribution in [0.15, 0.2) is 30.3 Å². The van der Waals surface area contributed by atoms with E-state index < -0.39 is 0 Å². The first-order valence-electron chi connectivity index (χ1n) is 6.39. The third kappa shape index (κ3) is 2.82. The molecule has 2 atom stereocenters. The van der Waals surface area contributed by atoms with E-state index in [1.807, 2.05) is 23.1 Å². The minimum absolute atomic E-state index is 0.00623. The molecule has 1 heterocycles. The molecule has 0 aliphatic carbocycles. The van der Waals surface area contributed by atoms with Gasteiger partial charge in [0.25, 0.3) is 0 Å². The molecule has 1 saturated heterocycles. The van der Waals surface area contributed by atoms with Crippen molar-refractivity contribution in [2.24, 2.45) is 5.73 Å². The minimum atomic E-state index is 0.00623. The Hall–Kier alpha value is -1.55. The van der Waals surface area contributed by atoms with Gasteiger partial charge in [-0.05, 0) is 19.1 Å². The van der Waals surface area contributed by atoms with Crippen LogP contribution in [0.3, 0.4) is 0 Å². The second-order valence-corrected chi connectivity index (χ2v) is 5.06. The van der Waals surface area contributed by atoms with Gasteiger partial charge in [0, 0.05) is 44.3 Å². The quantitative estimate of drug-likeness (QED) is 0.866. The van der Waals surface area contributed by atoms with Gasteiger partial charge in [-0.1, -0.05) is 18.2 Å². The Morgan fingerprint density at radius 2 is 2.11 bits per heavy atom. The molecule has 2 unspecified atom stereocenters. The number of amides is 1. The summed E-state index contributed by atoms with van der Waals surface area (Å²) in [6.45, 7) is 3.55. The predicted molar refractivity (Wildman–Crippen MR) is 73.5 cm³/mol. The summed E-state index contributed by atoms with van der Waals surface area (Å²) in [4.78, 5) is 15.8. The Morgan fingerprint density at radius 3 is 2.67 bits per heavy atom. The maximum atomic E-state index is 11.7. The number of nitrogens with zero attached hydrogens (tertiary/aromatic N) is 2. The summed E-state index contributed by atoms with van der Waals surface area (Å²) in [5.74, 6) is 0.177. The maximum Gasteiger partial charge on any atom is 0.224 e. The van der Waals surface area contributed by atoms with Gasteiger partial charge < -0.3 is 15.5 Å². The monoisotopic (exact) mass is 247 g/mol. The zero-order valence-electron chi connectivity index (χ0n) is 11.0. The lowest BCUT2D eigenvalue weighted by Gasteiger charge is -2.30. The number of para-hydroxylation sites is 1. The van der Waals surface area contributed by atoms with E-state index in [1.54, 1.807) is 0 Å². The van der Waals surface area contributed by atoms with Crippen molar-refractivity contribution in [2.75, 3.05) is 25.0 Å². The Bertz CT molecular complexity index is 407. The van der Waals surface area contributed by atoms with Crippen LogP contribution in [0.2, 0.25) is 0 Å². The molecule has 0 aromatic heterocycles. The molecule has 1 fully saturated rings. The van der Waals surface area contributed by atoms with E-state index in [4.69, 9.17) is 5.73 Å². The van der Waals surface area contributed by atoms with Gasteiger partial charge >= 0.3 is 0 Å². The normalized spacial score (nSPS) is 21.2. The van der Waals surface area contributed by atoms with Gasteiger partial charge in [-0.2, -0.15) is 0 Å². The third-order valence-electron chi connectivity index (χ3n) is 3.55. The van der Waals surface area contributed by atoms with Crippen LogP contribution < -0.4 is 10.6 Å². The predicted octanol–water partition coefficient (Wildman–Crippen LogP) is 1.07. The van der Waals surface area contributed by atoms with Crippen LogP contribution in [0.5, 0.6) is 0 Å². The maximum absolute atomic E-state index is 11.7. The molecule has 0 radical (unpaired) electrons. The van der Waals surface area contributed by atoms with Gasteiger partial charge in [-0.25, -0.2) is 0 Å². The summed E-state index contributed by atoms with van der Waals surface area (Å²) in [6.07, 6.45) is 0.488. The fourth-order valence-electron chi connectivity index (χ4n) is 2.34. The number of nitrogens with two attached hydrogens (primary N) is 1. The fourth-order valence-corrected chi connectivity index (χ4v) is 2.34. The van der Waals surface area contributed by atoms with E-state index in [2.05, 4.69) is 31.0 Å². The van der Waals surface area contributed by atoms with Crippen molar-refractivity contribution in [2.45, 2.75) is 25.4 Å². The molecule has 0 bridgehead atoms. The smallest absolute Gasteiger partial charge is 0.224 e. The molecule has 18 heavy (non-hydrogen) atoms. The van der Waals surface area contributed by atoms with Crippen molar-refractivity contribution in [3.8, 4) is 0 Å². The summed E-state index contributed by atoms with van der Waals surface area (Å²) in [5.41, 5.74) is 6.97. The molecule has 98 valence electrons. The topological polar surface area (TPSA) is 49.6 Å². The van der Waals surface area contributed by atoms with E-state index in [-0.39, 0.29) is 18.0 Å². The van der Waals surface area contributed by atoms with Gasteiger partial charge in [0.2, 0.25) is 5.91 Å². The van der Waals surface area contributed by atoms with E-state index >= 15 is 0 Å². The van der Waals surface area contributed by atoms with Crippen molar-refractivity contribution in [3.05, 3.63) is 30.3 Å². The van der Waals surface area contributed by atoms with Crippen molar-refractivity contribution in [3.63, 3.8) is 0 Å². The van der Waals surface area contributed by atoms with Crippen LogP contribution in [-0.4, -0.2) is 43.0 Å². The van der Waals surface area contributed by atoms with Crippen LogP contribution >= 0.6 is 0 Å². The lowest BCUT2D eigenvalue weighted by molar-refractivity contribution is -0.127. The molecular formula is C14H21N3O. The van der Waals surface area contributed by atoms with Crippen LogP contribution in [0, 0.1) is 0 Å². The molecule has 1 amide bonds. The highest BCUT2D eigenvalue weighted by Crippen LogP contribution is 2.16. The van der Waals surface area contributed by atoms with Crippen LogP contribution in [0.1, 0.15) is 13.3 Å². The van der Waals surface area contributed by atoms with Crippen molar-refractivity contribution in [1.82, 2.24) is 4.90 Å². The Labute approximate surface area is 108 Å². The standard InChI is InChI=1S/C14H21N3O/c1-11(9-17-10-12(15)8-14(17)18)16(2)13-6-4-3-5-7-13/h3-7,11-12H,8-10,15H2,1-2H3. The number of hydrogen-bond donors (Lipinski definition) is 1. The number of anilines is 1. The lowest BCUT2D eigenvalue weighted by atomic mass is 10.2. The van der Waals surface area contributed by atoms with Crippen molar-refractivity contribution in [1.29, 1.82) is 0 Å². The van der Waals surface area contributed by atoms with Crippen molar-refractivity contribution < 1.29 is 4.79 Å². The number of rotatable bonds is 4. The molecule has 0 saturated carbocycles. The molecule has 0 spiro atoms. The summed E-state index contributed by atoms with van der Waals surface area (Å²) < 4.78 is 0. The van der Waals surface area contributed by atoms with Gasteiger partial charge in [0.05, 0.1) is 0 Å². The molecule has 1 aromatic rings. The lowest BCUT2D eigenvalue weighted by Crippen LogP contribution is -2.41. The molecule has 2 N–H and O–H groups in total. The van der Waals surface area contributed by atoms with Gasteiger partial charge in [-0.15, -0.1) is 0 Å². The number of benzene rings is 1.